The lowest BCUT2D eigenvalue weighted by atomic mass is 9.84. The van der Waals surface area contributed by atoms with E-state index in [1.807, 2.05) is 55.1 Å². The van der Waals surface area contributed by atoms with Crippen LogP contribution in [0.5, 0.6) is 11.5 Å². The van der Waals surface area contributed by atoms with Gasteiger partial charge in [0, 0.05) is 18.5 Å². The van der Waals surface area contributed by atoms with Crippen LogP contribution in [-0.2, 0) is 16.8 Å². The topological polar surface area (TPSA) is 85.0 Å². The Morgan fingerprint density at radius 1 is 0.897 bits per heavy atom. The summed E-state index contributed by atoms with van der Waals surface area (Å²) in [6.45, 7) is 7.80. The Kier molecular flexibility index (Phi) is 7.50. The van der Waals surface area contributed by atoms with E-state index in [9.17, 15) is 23.1 Å². The molecule has 0 aliphatic heterocycles. The van der Waals surface area contributed by atoms with Crippen LogP contribution in [0, 0.1) is 0 Å². The first-order valence-corrected chi connectivity index (χ1v) is 12.2. The van der Waals surface area contributed by atoms with Gasteiger partial charge in [0.25, 0.3) is 6.01 Å². The average Bonchev–Trinajstić information content (AvgIpc) is 3.28. The molecule has 0 saturated heterocycles. The molecular weight excluding hydrogens is 513 g/mol. The predicted octanol–water partition coefficient (Wildman–Crippen LogP) is 6.95. The van der Waals surface area contributed by atoms with E-state index < -0.39 is 23.3 Å². The van der Waals surface area contributed by atoms with Crippen molar-refractivity contribution >= 4 is 23.1 Å². The molecule has 0 fully saturated rings. The second kappa shape index (κ2) is 10.5. The lowest BCUT2D eigenvalue weighted by Gasteiger charge is -2.33. The van der Waals surface area contributed by atoms with Crippen LogP contribution in [0.4, 0.5) is 19.2 Å². The van der Waals surface area contributed by atoms with Crippen LogP contribution in [0.1, 0.15) is 38.8 Å². The van der Waals surface area contributed by atoms with E-state index in [1.54, 1.807) is 24.3 Å². The van der Waals surface area contributed by atoms with Gasteiger partial charge >= 0.3 is 12.3 Å². The van der Waals surface area contributed by atoms with Crippen LogP contribution in [0.15, 0.2) is 77.2 Å². The third-order valence-electron chi connectivity index (χ3n) is 6.19. The Balaban J connectivity index is 1.59. The highest BCUT2D eigenvalue weighted by Gasteiger charge is 2.32. The molecule has 4 aromatic rings. The number of halogens is 3. The van der Waals surface area contributed by atoms with Gasteiger partial charge in [-0.05, 0) is 61.4 Å². The number of hydrogen-bond acceptors (Lipinski definition) is 6. The fraction of sp³-hybridized carbons (Fsp3) is 0.310. The van der Waals surface area contributed by atoms with Crippen molar-refractivity contribution in [3.05, 3.63) is 83.9 Å². The summed E-state index contributed by atoms with van der Waals surface area (Å²) >= 11 is 0. The molecule has 0 aliphatic rings. The van der Waals surface area contributed by atoms with Gasteiger partial charge in [-0.1, -0.05) is 50.2 Å². The number of rotatable bonds is 10. The van der Waals surface area contributed by atoms with E-state index in [0.29, 0.717) is 36.0 Å². The van der Waals surface area contributed by atoms with Crippen molar-refractivity contribution in [2.75, 3.05) is 11.4 Å². The molecule has 0 aliphatic carbocycles. The van der Waals surface area contributed by atoms with Crippen LogP contribution in [-0.4, -0.2) is 34.6 Å². The molecule has 0 amide bonds. The summed E-state index contributed by atoms with van der Waals surface area (Å²) in [5.41, 5.74) is 1.18. The average molecular weight is 543 g/mol. The second-order valence-electron chi connectivity index (χ2n) is 10.3. The number of fused-ring (bicyclic) bond motifs is 1. The molecule has 0 unspecified atom stereocenters. The van der Waals surface area contributed by atoms with Crippen molar-refractivity contribution in [1.29, 1.82) is 0 Å². The zero-order valence-corrected chi connectivity index (χ0v) is 22.0. The summed E-state index contributed by atoms with van der Waals surface area (Å²) in [5.74, 6) is -0.939. The highest BCUT2D eigenvalue weighted by atomic mass is 19.4. The third-order valence-corrected chi connectivity index (χ3v) is 6.19. The maximum atomic E-state index is 12.6. The number of carboxylic acids is 1. The maximum absolute atomic E-state index is 12.6. The molecule has 0 bridgehead atoms. The zero-order chi connectivity index (χ0) is 28.4. The smallest absolute Gasteiger partial charge is 0.478 e. The summed E-state index contributed by atoms with van der Waals surface area (Å²) in [6, 6.07) is 20.6. The normalized spacial score (nSPS) is 12.4. The molecule has 1 heterocycles. The Morgan fingerprint density at radius 2 is 1.49 bits per heavy atom. The monoisotopic (exact) mass is 542 g/mol. The second-order valence-corrected chi connectivity index (χ2v) is 10.3. The van der Waals surface area contributed by atoms with Gasteiger partial charge in [-0.25, -0.2) is 4.79 Å². The van der Waals surface area contributed by atoms with Crippen molar-refractivity contribution in [2.24, 2.45) is 0 Å². The Hall–Kier alpha value is -4.21. The lowest BCUT2D eigenvalue weighted by molar-refractivity contribution is -0.274. The minimum Gasteiger partial charge on any atom is -0.478 e. The number of para-hydroxylation sites is 2. The van der Waals surface area contributed by atoms with Gasteiger partial charge < -0.3 is 23.9 Å². The number of hydrogen-bond donors (Lipinski definition) is 1. The molecule has 3 aromatic carbocycles. The van der Waals surface area contributed by atoms with E-state index in [-0.39, 0.29) is 5.75 Å². The summed E-state index contributed by atoms with van der Waals surface area (Å²) in [5, 5.41) is 9.33. The molecule has 0 saturated carbocycles. The molecular formula is C29H29F3N2O5. The number of ether oxygens (including phenoxy) is 2. The fourth-order valence-electron chi connectivity index (χ4n) is 4.08. The predicted molar refractivity (Wildman–Crippen MR) is 140 cm³/mol. The largest absolute Gasteiger partial charge is 0.573 e. The molecule has 1 aromatic heterocycles. The minimum atomic E-state index is -4.76. The molecule has 1 N–H and O–H groups in total. The number of nitrogens with zero attached hydrogens (tertiary/aromatic N) is 2. The first-order chi connectivity index (χ1) is 18.2. The van der Waals surface area contributed by atoms with Crippen LogP contribution in [0.2, 0.25) is 0 Å². The van der Waals surface area contributed by atoms with Crippen LogP contribution in [0.3, 0.4) is 0 Å². The summed E-state index contributed by atoms with van der Waals surface area (Å²) < 4.78 is 53.4. The van der Waals surface area contributed by atoms with Gasteiger partial charge in [-0.3, -0.25) is 0 Å². The summed E-state index contributed by atoms with van der Waals surface area (Å²) in [6.07, 6.45) is -4.76. The van der Waals surface area contributed by atoms with Crippen molar-refractivity contribution < 1.29 is 37.0 Å². The number of aromatic nitrogens is 1. The van der Waals surface area contributed by atoms with Crippen molar-refractivity contribution in [1.82, 2.24) is 4.98 Å². The molecule has 10 heteroatoms. The number of oxazole rings is 1. The Bertz CT molecular complexity index is 1400. The highest BCUT2D eigenvalue weighted by molar-refractivity contribution is 5.76. The van der Waals surface area contributed by atoms with E-state index in [2.05, 4.69) is 9.72 Å². The van der Waals surface area contributed by atoms with Gasteiger partial charge in [-0.2, -0.15) is 4.98 Å². The molecule has 0 spiro atoms. The van der Waals surface area contributed by atoms with Crippen molar-refractivity contribution in [2.45, 2.75) is 51.6 Å². The summed E-state index contributed by atoms with van der Waals surface area (Å²) in [7, 11) is 0. The molecule has 0 atom stereocenters. The maximum Gasteiger partial charge on any atom is 0.573 e. The van der Waals surface area contributed by atoms with Gasteiger partial charge in [0.1, 0.15) is 17.0 Å². The minimum absolute atomic E-state index is 0.298. The number of benzene rings is 3. The lowest BCUT2D eigenvalue weighted by Crippen LogP contribution is -2.38. The Morgan fingerprint density at radius 3 is 2.08 bits per heavy atom. The number of anilines is 1. The standard InChI is InChI=1S/C29H29F3N2O5/c1-27(2,20-11-15-21(16-12-20)38-28(3,4)25(35)36)18-34(26-33-23-7-5-6-8-24(23)37-26)17-19-9-13-22(14-10-19)39-29(30,31)32/h5-16H,17-18H2,1-4H3,(H,35,36). The van der Waals surface area contributed by atoms with Crippen molar-refractivity contribution in [3.63, 3.8) is 0 Å². The molecule has 4 rings (SSSR count). The van der Waals surface area contributed by atoms with Gasteiger partial charge in [0.2, 0.25) is 0 Å². The van der Waals surface area contributed by atoms with Crippen LogP contribution in [0.25, 0.3) is 11.1 Å². The molecule has 206 valence electrons. The number of carbonyl (C=O) groups is 1. The zero-order valence-electron chi connectivity index (χ0n) is 22.0. The SMILES string of the molecule is CC(C)(Oc1ccc(C(C)(C)CN(Cc2ccc(OC(F)(F)F)cc2)c2nc3ccccc3o2)cc1)C(=O)O. The third kappa shape index (κ3) is 7.01. The van der Waals surface area contributed by atoms with E-state index in [1.165, 1.54) is 26.0 Å². The van der Waals surface area contributed by atoms with Crippen molar-refractivity contribution in [3.8, 4) is 11.5 Å². The Labute approximate surface area is 223 Å². The van der Waals surface area contributed by atoms with E-state index in [4.69, 9.17) is 9.15 Å². The van der Waals surface area contributed by atoms with Crippen LogP contribution < -0.4 is 14.4 Å². The molecule has 0 radical (unpaired) electrons. The number of carboxylic acid groups (broad SMARTS) is 1. The van der Waals surface area contributed by atoms with E-state index in [0.717, 1.165) is 11.1 Å². The van der Waals surface area contributed by atoms with E-state index >= 15 is 0 Å². The molecule has 7 nitrogen and oxygen atoms in total. The fourth-order valence-corrected chi connectivity index (χ4v) is 4.08. The molecule has 39 heavy (non-hydrogen) atoms. The van der Waals surface area contributed by atoms with Crippen LogP contribution >= 0.6 is 0 Å². The first kappa shape index (κ1) is 27.8. The quantitative estimate of drug-likeness (QED) is 0.232. The van der Waals surface area contributed by atoms with Gasteiger partial charge in [-0.15, -0.1) is 13.2 Å². The number of alkyl halides is 3. The first-order valence-electron chi connectivity index (χ1n) is 12.2. The van der Waals surface area contributed by atoms with Gasteiger partial charge in [0.15, 0.2) is 11.2 Å². The number of aliphatic carboxylic acids is 1. The van der Waals surface area contributed by atoms with Gasteiger partial charge in [0.05, 0.1) is 0 Å². The summed E-state index contributed by atoms with van der Waals surface area (Å²) in [4.78, 5) is 18.0. The highest BCUT2D eigenvalue weighted by Crippen LogP contribution is 2.32.